The number of rotatable bonds is 8. The summed E-state index contributed by atoms with van der Waals surface area (Å²) in [5.41, 5.74) is 1.02. The van der Waals surface area contributed by atoms with Crippen LogP contribution in [0.3, 0.4) is 0 Å². The van der Waals surface area contributed by atoms with E-state index < -0.39 is 12.8 Å². The van der Waals surface area contributed by atoms with Gasteiger partial charge in [-0.3, -0.25) is 0 Å². The lowest BCUT2D eigenvalue weighted by Crippen LogP contribution is -2.23. The number of benzene rings is 1. The summed E-state index contributed by atoms with van der Waals surface area (Å²) in [6.45, 7) is 2.27. The molecule has 1 rings (SSSR count). The van der Waals surface area contributed by atoms with Gasteiger partial charge in [0, 0.05) is 13.1 Å². The predicted molar refractivity (Wildman–Crippen MR) is 66.2 cm³/mol. The molecule has 0 aliphatic heterocycles. The molecule has 1 N–H and O–H groups in total. The van der Waals surface area contributed by atoms with E-state index in [0.29, 0.717) is 19.7 Å². The summed E-state index contributed by atoms with van der Waals surface area (Å²) in [6, 6.07) is 7.56. The monoisotopic (exact) mass is 277 g/mol. The molecule has 0 saturated heterocycles. The van der Waals surface area contributed by atoms with E-state index in [2.05, 4.69) is 10.1 Å². The van der Waals surface area contributed by atoms with Crippen LogP contribution in [0.1, 0.15) is 12.5 Å². The normalized spacial score (nSPS) is 11.6. The fourth-order valence-corrected chi connectivity index (χ4v) is 1.48. The van der Waals surface area contributed by atoms with Crippen molar-refractivity contribution in [1.29, 1.82) is 0 Å². The fourth-order valence-electron chi connectivity index (χ4n) is 1.48. The largest absolute Gasteiger partial charge is 0.494 e. The van der Waals surface area contributed by atoms with Gasteiger partial charge < -0.3 is 14.8 Å². The van der Waals surface area contributed by atoms with Crippen molar-refractivity contribution in [3.05, 3.63) is 29.8 Å². The minimum Gasteiger partial charge on any atom is -0.494 e. The summed E-state index contributed by atoms with van der Waals surface area (Å²) < 4.78 is 45.2. The molecule has 0 heterocycles. The molecule has 0 bridgehead atoms. The molecule has 1 aromatic carbocycles. The summed E-state index contributed by atoms with van der Waals surface area (Å²) in [7, 11) is 0. The van der Waals surface area contributed by atoms with Crippen LogP contribution < -0.4 is 10.1 Å². The summed E-state index contributed by atoms with van der Waals surface area (Å²) in [6.07, 6.45) is -4.26. The lowest BCUT2D eigenvalue weighted by Gasteiger charge is -2.09. The van der Waals surface area contributed by atoms with Crippen molar-refractivity contribution in [1.82, 2.24) is 5.32 Å². The van der Waals surface area contributed by atoms with E-state index in [1.807, 2.05) is 31.2 Å². The minimum atomic E-state index is -4.26. The smallest absolute Gasteiger partial charge is 0.411 e. The Morgan fingerprint density at radius 2 is 2.05 bits per heavy atom. The van der Waals surface area contributed by atoms with Crippen molar-refractivity contribution in [2.45, 2.75) is 19.6 Å². The fraction of sp³-hybridized carbons (Fsp3) is 0.538. The lowest BCUT2D eigenvalue weighted by molar-refractivity contribution is -0.173. The van der Waals surface area contributed by atoms with Crippen molar-refractivity contribution in [2.24, 2.45) is 0 Å². The second-order valence-corrected chi connectivity index (χ2v) is 3.92. The zero-order chi connectivity index (χ0) is 14.1. The zero-order valence-electron chi connectivity index (χ0n) is 10.8. The number of nitrogens with one attached hydrogen (secondary N) is 1. The third-order valence-corrected chi connectivity index (χ3v) is 2.23. The van der Waals surface area contributed by atoms with Gasteiger partial charge in [-0.1, -0.05) is 12.1 Å². The predicted octanol–water partition coefficient (Wildman–Crippen LogP) is 2.75. The Hall–Kier alpha value is -1.27. The maximum Gasteiger partial charge on any atom is 0.411 e. The molecule has 0 unspecified atom stereocenters. The first-order valence-corrected chi connectivity index (χ1v) is 6.08. The van der Waals surface area contributed by atoms with Gasteiger partial charge in [-0.05, 0) is 24.6 Å². The summed E-state index contributed by atoms with van der Waals surface area (Å²) in [5.74, 6) is 0.787. The summed E-state index contributed by atoms with van der Waals surface area (Å²) in [4.78, 5) is 0. The van der Waals surface area contributed by atoms with Crippen LogP contribution in [-0.2, 0) is 11.3 Å². The molecule has 0 aliphatic carbocycles. The number of halogens is 3. The van der Waals surface area contributed by atoms with Gasteiger partial charge >= 0.3 is 6.18 Å². The Morgan fingerprint density at radius 3 is 2.74 bits per heavy atom. The molecule has 0 radical (unpaired) electrons. The van der Waals surface area contributed by atoms with Crippen LogP contribution in [0.25, 0.3) is 0 Å². The highest BCUT2D eigenvalue weighted by Gasteiger charge is 2.27. The molecule has 6 heteroatoms. The standard InChI is InChI=1S/C13H18F3NO2/c1-2-19-12-5-3-4-11(8-12)9-17-6-7-18-10-13(14,15)16/h3-5,8,17H,2,6-7,9-10H2,1H3. The van der Waals surface area contributed by atoms with E-state index in [1.54, 1.807) is 0 Å². The van der Waals surface area contributed by atoms with Crippen molar-refractivity contribution in [2.75, 3.05) is 26.4 Å². The molecule has 0 spiro atoms. The van der Waals surface area contributed by atoms with E-state index in [-0.39, 0.29) is 6.61 Å². The molecule has 0 fully saturated rings. The molecule has 0 aromatic heterocycles. The second-order valence-electron chi connectivity index (χ2n) is 3.92. The average molecular weight is 277 g/mol. The second kappa shape index (κ2) is 8.01. The van der Waals surface area contributed by atoms with E-state index >= 15 is 0 Å². The first-order valence-electron chi connectivity index (χ1n) is 6.08. The molecule has 1 aromatic rings. The third-order valence-electron chi connectivity index (χ3n) is 2.23. The van der Waals surface area contributed by atoms with Gasteiger partial charge in [-0.25, -0.2) is 0 Å². The average Bonchev–Trinajstić information content (AvgIpc) is 2.33. The Labute approximate surface area is 110 Å². The highest BCUT2D eigenvalue weighted by molar-refractivity contribution is 5.28. The SMILES string of the molecule is CCOc1cccc(CNCCOCC(F)(F)F)c1. The maximum absolute atomic E-state index is 11.8. The molecule has 19 heavy (non-hydrogen) atoms. The van der Waals surface area contributed by atoms with Gasteiger partial charge in [0.2, 0.25) is 0 Å². The number of ether oxygens (including phenoxy) is 2. The number of hydrogen-bond acceptors (Lipinski definition) is 3. The Morgan fingerprint density at radius 1 is 1.26 bits per heavy atom. The molecular weight excluding hydrogens is 259 g/mol. The van der Waals surface area contributed by atoms with Crippen LogP contribution in [0.5, 0.6) is 5.75 Å². The molecule has 0 amide bonds. The Bertz CT molecular complexity index is 369. The minimum absolute atomic E-state index is 0.0324. The van der Waals surface area contributed by atoms with Crippen LogP contribution in [0.2, 0.25) is 0 Å². The van der Waals surface area contributed by atoms with Gasteiger partial charge in [0.1, 0.15) is 12.4 Å². The number of hydrogen-bond donors (Lipinski definition) is 1. The van der Waals surface area contributed by atoms with Crippen molar-refractivity contribution in [3.63, 3.8) is 0 Å². The van der Waals surface area contributed by atoms with E-state index in [4.69, 9.17) is 4.74 Å². The molecule has 0 saturated carbocycles. The van der Waals surface area contributed by atoms with Gasteiger partial charge in [-0.15, -0.1) is 0 Å². The highest BCUT2D eigenvalue weighted by Crippen LogP contribution is 2.14. The quantitative estimate of drug-likeness (QED) is 0.741. The Kier molecular flexibility index (Phi) is 6.66. The van der Waals surface area contributed by atoms with Crippen LogP contribution in [0.15, 0.2) is 24.3 Å². The Balaban J connectivity index is 2.17. The third kappa shape index (κ3) is 7.69. The molecule has 3 nitrogen and oxygen atoms in total. The topological polar surface area (TPSA) is 30.5 Å². The van der Waals surface area contributed by atoms with Gasteiger partial charge in [0.05, 0.1) is 13.2 Å². The molecular formula is C13H18F3NO2. The van der Waals surface area contributed by atoms with Crippen LogP contribution >= 0.6 is 0 Å². The first kappa shape index (κ1) is 15.8. The maximum atomic E-state index is 11.8. The van der Waals surface area contributed by atoms with Crippen molar-refractivity contribution in [3.8, 4) is 5.75 Å². The van der Waals surface area contributed by atoms with Crippen LogP contribution in [-0.4, -0.2) is 32.5 Å². The van der Waals surface area contributed by atoms with E-state index in [1.165, 1.54) is 0 Å². The molecule has 108 valence electrons. The zero-order valence-corrected chi connectivity index (χ0v) is 10.8. The molecule has 0 atom stereocenters. The van der Waals surface area contributed by atoms with Crippen LogP contribution in [0, 0.1) is 0 Å². The van der Waals surface area contributed by atoms with Gasteiger partial charge in [0.15, 0.2) is 0 Å². The van der Waals surface area contributed by atoms with Crippen LogP contribution in [0.4, 0.5) is 13.2 Å². The lowest BCUT2D eigenvalue weighted by atomic mass is 10.2. The first-order chi connectivity index (χ1) is 9.01. The molecule has 0 aliphatic rings. The summed E-state index contributed by atoms with van der Waals surface area (Å²) in [5, 5.41) is 3.01. The van der Waals surface area contributed by atoms with Crippen molar-refractivity contribution < 1.29 is 22.6 Å². The van der Waals surface area contributed by atoms with E-state index in [9.17, 15) is 13.2 Å². The van der Waals surface area contributed by atoms with Gasteiger partial charge in [-0.2, -0.15) is 13.2 Å². The van der Waals surface area contributed by atoms with Gasteiger partial charge in [0.25, 0.3) is 0 Å². The van der Waals surface area contributed by atoms with Crippen molar-refractivity contribution >= 4 is 0 Å². The van der Waals surface area contributed by atoms with E-state index in [0.717, 1.165) is 11.3 Å². The highest BCUT2D eigenvalue weighted by atomic mass is 19.4. The number of alkyl halides is 3. The summed E-state index contributed by atoms with van der Waals surface area (Å²) >= 11 is 0.